The Balaban J connectivity index is 2.38. The summed E-state index contributed by atoms with van der Waals surface area (Å²) in [5.74, 6) is -2.04. The molecule has 0 aliphatic rings. The average Bonchev–Trinajstić information content (AvgIpc) is 2.60. The fourth-order valence-electron chi connectivity index (χ4n) is 2.70. The Morgan fingerprint density at radius 1 is 1.11 bits per heavy atom. The first-order chi connectivity index (χ1) is 12.7. The lowest BCUT2D eigenvalue weighted by atomic mass is 10.0. The molecule has 0 aliphatic heterocycles. The summed E-state index contributed by atoms with van der Waals surface area (Å²) >= 11 is 0. The molecule has 0 aliphatic carbocycles. The Bertz CT molecular complexity index is 1080. The van der Waals surface area contributed by atoms with Crippen LogP contribution in [0.1, 0.15) is 12.7 Å². The molecular formula is C19H13F3O5. The van der Waals surface area contributed by atoms with Gasteiger partial charge in [-0.3, -0.25) is 9.59 Å². The van der Waals surface area contributed by atoms with Gasteiger partial charge in [-0.2, -0.15) is 13.2 Å². The fourth-order valence-corrected chi connectivity index (χ4v) is 2.70. The average molecular weight is 378 g/mol. The third-order valence-electron chi connectivity index (χ3n) is 3.76. The van der Waals surface area contributed by atoms with Crippen molar-refractivity contribution in [3.63, 3.8) is 0 Å². The molecule has 0 spiro atoms. The Morgan fingerprint density at radius 3 is 2.44 bits per heavy atom. The van der Waals surface area contributed by atoms with Crippen LogP contribution in [0.3, 0.4) is 0 Å². The van der Waals surface area contributed by atoms with Crippen LogP contribution in [-0.2, 0) is 11.0 Å². The van der Waals surface area contributed by atoms with Crippen LogP contribution in [0.25, 0.3) is 22.1 Å². The third kappa shape index (κ3) is 3.51. The summed E-state index contributed by atoms with van der Waals surface area (Å²) in [6.45, 7) is 1.15. The second kappa shape index (κ2) is 6.79. The maximum Gasteiger partial charge on any atom is 0.450 e. The molecule has 3 aromatic rings. The summed E-state index contributed by atoms with van der Waals surface area (Å²) in [7, 11) is 1.29. The van der Waals surface area contributed by atoms with Crippen molar-refractivity contribution in [2.24, 2.45) is 0 Å². The maximum atomic E-state index is 13.6. The van der Waals surface area contributed by atoms with Gasteiger partial charge in [-0.15, -0.1) is 0 Å². The molecule has 2 aromatic carbocycles. The minimum absolute atomic E-state index is 0.0312. The minimum atomic E-state index is -4.93. The van der Waals surface area contributed by atoms with Crippen molar-refractivity contribution in [3.8, 4) is 22.6 Å². The van der Waals surface area contributed by atoms with E-state index in [-0.39, 0.29) is 28.0 Å². The van der Waals surface area contributed by atoms with E-state index in [1.54, 1.807) is 6.07 Å². The van der Waals surface area contributed by atoms with Crippen LogP contribution < -0.4 is 14.9 Å². The lowest BCUT2D eigenvalue weighted by Crippen LogP contribution is -2.16. The normalized spacial score (nSPS) is 11.4. The molecule has 8 heteroatoms. The summed E-state index contributed by atoms with van der Waals surface area (Å²) in [4.78, 5) is 23.9. The van der Waals surface area contributed by atoms with E-state index in [4.69, 9.17) is 13.9 Å². The van der Waals surface area contributed by atoms with Crippen molar-refractivity contribution in [1.82, 2.24) is 0 Å². The van der Waals surface area contributed by atoms with Crippen LogP contribution in [-0.4, -0.2) is 13.1 Å². The summed E-state index contributed by atoms with van der Waals surface area (Å²) in [6.07, 6.45) is -4.93. The molecule has 140 valence electrons. The molecule has 0 fully saturated rings. The predicted octanol–water partition coefficient (Wildman–Crippen LogP) is 4.41. The molecule has 0 saturated carbocycles. The zero-order chi connectivity index (χ0) is 19.8. The fraction of sp³-hybridized carbons (Fsp3) is 0.158. The highest BCUT2D eigenvalue weighted by atomic mass is 19.4. The zero-order valence-corrected chi connectivity index (χ0v) is 14.2. The number of carbonyl (C=O) groups is 1. The number of hydrogen-bond acceptors (Lipinski definition) is 5. The quantitative estimate of drug-likeness (QED) is 0.499. The second-order valence-electron chi connectivity index (χ2n) is 5.58. The molecule has 0 N–H and O–H groups in total. The van der Waals surface area contributed by atoms with Gasteiger partial charge in [0.15, 0.2) is 0 Å². The van der Waals surface area contributed by atoms with Crippen LogP contribution in [0.15, 0.2) is 51.7 Å². The van der Waals surface area contributed by atoms with E-state index in [9.17, 15) is 22.8 Å². The lowest BCUT2D eigenvalue weighted by molar-refractivity contribution is -0.152. The van der Waals surface area contributed by atoms with Crippen molar-refractivity contribution in [2.45, 2.75) is 13.1 Å². The first-order valence-corrected chi connectivity index (χ1v) is 7.72. The minimum Gasteiger partial charge on any atom is -0.496 e. The number of carbonyl (C=O) groups excluding carboxylic acids is 1. The number of methoxy groups -OCH3 is 1. The first-order valence-electron chi connectivity index (χ1n) is 7.72. The van der Waals surface area contributed by atoms with Crippen molar-refractivity contribution >= 4 is 16.9 Å². The Labute approximate surface area is 150 Å². The number of rotatable bonds is 3. The third-order valence-corrected chi connectivity index (χ3v) is 3.76. The van der Waals surface area contributed by atoms with Crippen LogP contribution in [0, 0.1) is 0 Å². The summed E-state index contributed by atoms with van der Waals surface area (Å²) < 4.78 is 55.9. The highest BCUT2D eigenvalue weighted by Crippen LogP contribution is 2.40. The Morgan fingerprint density at radius 2 is 1.81 bits per heavy atom. The van der Waals surface area contributed by atoms with Gasteiger partial charge in [-0.25, -0.2) is 0 Å². The van der Waals surface area contributed by atoms with Crippen LogP contribution in [0.2, 0.25) is 0 Å². The molecule has 0 atom stereocenters. The standard InChI is InChI=1S/C19H13F3O5/c1-10(23)26-11-7-8-13-15(9-11)27-18(19(20,21)22)16(17(13)24)12-5-3-4-6-14(12)25-2/h3-9H,1-2H3. The number of benzene rings is 2. The smallest absolute Gasteiger partial charge is 0.450 e. The van der Waals surface area contributed by atoms with Crippen LogP contribution in [0.5, 0.6) is 11.5 Å². The topological polar surface area (TPSA) is 65.7 Å². The molecule has 0 radical (unpaired) electrons. The predicted molar refractivity (Wildman–Crippen MR) is 90.8 cm³/mol. The van der Waals surface area contributed by atoms with Crippen molar-refractivity contribution in [3.05, 3.63) is 58.4 Å². The first kappa shape index (κ1) is 18.5. The van der Waals surface area contributed by atoms with Crippen molar-refractivity contribution < 1.29 is 31.9 Å². The van der Waals surface area contributed by atoms with Gasteiger partial charge in [-0.05, 0) is 18.2 Å². The van der Waals surface area contributed by atoms with Gasteiger partial charge in [0.05, 0.1) is 18.1 Å². The maximum absolute atomic E-state index is 13.6. The molecule has 5 nitrogen and oxygen atoms in total. The van der Waals surface area contributed by atoms with Gasteiger partial charge in [0.1, 0.15) is 17.1 Å². The zero-order valence-electron chi connectivity index (χ0n) is 14.2. The molecule has 1 aromatic heterocycles. The molecule has 1 heterocycles. The van der Waals surface area contributed by atoms with E-state index in [1.807, 2.05) is 0 Å². The molecule has 0 unspecified atom stereocenters. The van der Waals surface area contributed by atoms with E-state index >= 15 is 0 Å². The van der Waals surface area contributed by atoms with E-state index in [2.05, 4.69) is 0 Å². The molecule has 0 saturated heterocycles. The van der Waals surface area contributed by atoms with Crippen LogP contribution >= 0.6 is 0 Å². The number of alkyl halides is 3. The summed E-state index contributed by atoms with van der Waals surface area (Å²) in [5, 5.41) is -0.0835. The van der Waals surface area contributed by atoms with Gasteiger partial charge < -0.3 is 13.9 Å². The number of para-hydroxylation sites is 1. The molecule has 27 heavy (non-hydrogen) atoms. The van der Waals surface area contributed by atoms with Gasteiger partial charge in [0, 0.05) is 18.6 Å². The number of halogens is 3. The largest absolute Gasteiger partial charge is 0.496 e. The molecule has 3 rings (SSSR count). The van der Waals surface area contributed by atoms with Crippen molar-refractivity contribution in [1.29, 1.82) is 0 Å². The van der Waals surface area contributed by atoms with Gasteiger partial charge in [-0.1, -0.05) is 18.2 Å². The highest BCUT2D eigenvalue weighted by molar-refractivity contribution is 5.86. The van der Waals surface area contributed by atoms with E-state index in [1.165, 1.54) is 37.4 Å². The number of fused-ring (bicyclic) bond motifs is 1. The van der Waals surface area contributed by atoms with E-state index in [0.29, 0.717) is 0 Å². The van der Waals surface area contributed by atoms with Crippen LogP contribution in [0.4, 0.5) is 13.2 Å². The molecule has 0 amide bonds. The Kier molecular flexibility index (Phi) is 4.65. The lowest BCUT2D eigenvalue weighted by Gasteiger charge is -2.15. The number of ether oxygens (including phenoxy) is 2. The number of esters is 1. The van der Waals surface area contributed by atoms with Crippen molar-refractivity contribution in [2.75, 3.05) is 7.11 Å². The van der Waals surface area contributed by atoms with Gasteiger partial charge >= 0.3 is 12.1 Å². The highest BCUT2D eigenvalue weighted by Gasteiger charge is 2.40. The molecular weight excluding hydrogens is 365 g/mol. The number of hydrogen-bond donors (Lipinski definition) is 0. The van der Waals surface area contributed by atoms with Gasteiger partial charge in [0.25, 0.3) is 0 Å². The SMILES string of the molecule is COc1ccccc1-c1c(C(F)(F)F)oc2cc(OC(C)=O)ccc2c1=O. The summed E-state index contributed by atoms with van der Waals surface area (Å²) in [5.41, 5.74) is -1.90. The second-order valence-corrected chi connectivity index (χ2v) is 5.58. The monoisotopic (exact) mass is 378 g/mol. The van der Waals surface area contributed by atoms with Gasteiger partial charge in [0.2, 0.25) is 11.2 Å². The van der Waals surface area contributed by atoms with E-state index in [0.717, 1.165) is 13.0 Å². The van der Waals surface area contributed by atoms with E-state index < -0.39 is 28.9 Å². The summed E-state index contributed by atoms with van der Waals surface area (Å²) in [6, 6.07) is 9.48. The Hall–Kier alpha value is -3.29. The molecule has 0 bridgehead atoms.